The first-order valence-electron chi connectivity index (χ1n) is 5.57. The standard InChI is InChI=1S/C13H15N3OS/c1-8-5-9(2)16-13(15-8)18-7-10-6-11(14)3-4-12(10)17/h3-6,17H,7,14H2,1-2H3. The van der Waals surface area contributed by atoms with Crippen molar-refractivity contribution in [2.24, 2.45) is 0 Å². The number of benzene rings is 1. The van der Waals surface area contributed by atoms with Gasteiger partial charge in [-0.1, -0.05) is 11.8 Å². The van der Waals surface area contributed by atoms with E-state index in [2.05, 4.69) is 9.97 Å². The predicted octanol–water partition coefficient (Wildman–Crippen LogP) is 2.67. The Balaban J connectivity index is 2.13. The number of nitrogens with two attached hydrogens (primary N) is 1. The summed E-state index contributed by atoms with van der Waals surface area (Å²) in [5.41, 5.74) is 9.02. The number of thioether (sulfide) groups is 1. The Morgan fingerprint density at radius 3 is 2.50 bits per heavy atom. The molecule has 5 heteroatoms. The maximum atomic E-state index is 9.71. The van der Waals surface area contributed by atoms with Gasteiger partial charge in [0, 0.05) is 28.4 Å². The molecule has 0 aliphatic carbocycles. The Hall–Kier alpha value is -1.75. The van der Waals surface area contributed by atoms with Crippen LogP contribution in [0.5, 0.6) is 5.75 Å². The van der Waals surface area contributed by atoms with E-state index in [1.165, 1.54) is 11.8 Å². The molecule has 0 saturated heterocycles. The highest BCUT2D eigenvalue weighted by Gasteiger charge is 2.05. The molecule has 1 aromatic carbocycles. The topological polar surface area (TPSA) is 72.0 Å². The second-order valence-corrected chi connectivity index (χ2v) is 5.05. The van der Waals surface area contributed by atoms with Crippen molar-refractivity contribution in [1.82, 2.24) is 9.97 Å². The second kappa shape index (κ2) is 5.27. The van der Waals surface area contributed by atoms with Gasteiger partial charge in [0.1, 0.15) is 5.75 Å². The van der Waals surface area contributed by atoms with Gasteiger partial charge in [0.15, 0.2) is 5.16 Å². The highest BCUT2D eigenvalue weighted by Crippen LogP contribution is 2.27. The molecule has 0 spiro atoms. The van der Waals surface area contributed by atoms with Crippen LogP contribution in [0.25, 0.3) is 0 Å². The number of aromatic nitrogens is 2. The Labute approximate surface area is 110 Å². The molecule has 0 aliphatic rings. The lowest BCUT2D eigenvalue weighted by Crippen LogP contribution is -1.94. The number of aromatic hydroxyl groups is 1. The van der Waals surface area contributed by atoms with Gasteiger partial charge in [-0.15, -0.1) is 0 Å². The van der Waals surface area contributed by atoms with Crippen LogP contribution in [0.2, 0.25) is 0 Å². The van der Waals surface area contributed by atoms with E-state index in [4.69, 9.17) is 5.73 Å². The van der Waals surface area contributed by atoms with Gasteiger partial charge >= 0.3 is 0 Å². The van der Waals surface area contributed by atoms with E-state index in [0.29, 0.717) is 16.6 Å². The Morgan fingerprint density at radius 1 is 1.17 bits per heavy atom. The van der Waals surface area contributed by atoms with Crippen LogP contribution in [0, 0.1) is 13.8 Å². The molecule has 0 saturated carbocycles. The van der Waals surface area contributed by atoms with Crippen LogP contribution in [0.1, 0.15) is 17.0 Å². The average Bonchev–Trinajstić information content (AvgIpc) is 2.29. The molecular formula is C13H15N3OS. The van der Waals surface area contributed by atoms with Gasteiger partial charge in [-0.05, 0) is 38.1 Å². The van der Waals surface area contributed by atoms with Gasteiger partial charge in [0.05, 0.1) is 0 Å². The van der Waals surface area contributed by atoms with Gasteiger partial charge in [0.2, 0.25) is 0 Å². The molecule has 1 aromatic heterocycles. The first-order chi connectivity index (χ1) is 8.54. The van der Waals surface area contributed by atoms with Crippen LogP contribution in [0.15, 0.2) is 29.4 Å². The highest BCUT2D eigenvalue weighted by atomic mass is 32.2. The summed E-state index contributed by atoms with van der Waals surface area (Å²) in [5.74, 6) is 0.848. The predicted molar refractivity (Wildman–Crippen MR) is 73.6 cm³/mol. The summed E-state index contributed by atoms with van der Waals surface area (Å²) in [6.45, 7) is 3.88. The summed E-state index contributed by atoms with van der Waals surface area (Å²) < 4.78 is 0. The van der Waals surface area contributed by atoms with Crippen LogP contribution in [0.4, 0.5) is 5.69 Å². The monoisotopic (exact) mass is 261 g/mol. The minimum atomic E-state index is 0.251. The van der Waals surface area contributed by atoms with E-state index < -0.39 is 0 Å². The van der Waals surface area contributed by atoms with Crippen molar-refractivity contribution in [2.45, 2.75) is 24.8 Å². The van der Waals surface area contributed by atoms with Gasteiger partial charge in [-0.2, -0.15) is 0 Å². The normalized spacial score (nSPS) is 10.6. The van der Waals surface area contributed by atoms with Crippen LogP contribution < -0.4 is 5.73 Å². The SMILES string of the molecule is Cc1cc(C)nc(SCc2cc(N)ccc2O)n1. The molecule has 0 aliphatic heterocycles. The molecule has 1 heterocycles. The third-order valence-electron chi connectivity index (χ3n) is 2.42. The zero-order chi connectivity index (χ0) is 13.1. The van der Waals surface area contributed by atoms with Crippen LogP contribution in [-0.2, 0) is 5.75 Å². The molecule has 4 nitrogen and oxygen atoms in total. The summed E-state index contributed by atoms with van der Waals surface area (Å²) in [6.07, 6.45) is 0. The van der Waals surface area contributed by atoms with Gasteiger partial charge in [0.25, 0.3) is 0 Å². The van der Waals surface area contributed by atoms with Crippen molar-refractivity contribution >= 4 is 17.4 Å². The van der Waals surface area contributed by atoms with E-state index >= 15 is 0 Å². The van der Waals surface area contributed by atoms with Gasteiger partial charge < -0.3 is 10.8 Å². The molecule has 0 radical (unpaired) electrons. The molecular weight excluding hydrogens is 246 g/mol. The van der Waals surface area contributed by atoms with Crippen molar-refractivity contribution in [3.05, 3.63) is 41.2 Å². The highest BCUT2D eigenvalue weighted by molar-refractivity contribution is 7.98. The molecule has 0 atom stereocenters. The van der Waals surface area contributed by atoms with E-state index in [1.807, 2.05) is 19.9 Å². The fourth-order valence-corrected chi connectivity index (χ4v) is 2.55. The number of nitrogen functional groups attached to an aromatic ring is 1. The molecule has 0 amide bonds. The molecule has 0 bridgehead atoms. The average molecular weight is 261 g/mol. The summed E-state index contributed by atoms with van der Waals surface area (Å²) >= 11 is 1.49. The lowest BCUT2D eigenvalue weighted by molar-refractivity contribution is 0.471. The molecule has 3 N–H and O–H groups in total. The number of anilines is 1. The van der Waals surface area contributed by atoms with E-state index in [9.17, 15) is 5.11 Å². The second-order valence-electron chi connectivity index (χ2n) is 4.11. The fraction of sp³-hybridized carbons (Fsp3) is 0.231. The minimum absolute atomic E-state index is 0.251. The molecule has 2 aromatic rings. The number of aryl methyl sites for hydroxylation is 2. The summed E-state index contributed by atoms with van der Waals surface area (Å²) in [7, 11) is 0. The van der Waals surface area contributed by atoms with Crippen LogP contribution in [-0.4, -0.2) is 15.1 Å². The molecule has 0 unspecified atom stereocenters. The number of nitrogens with zero attached hydrogens (tertiary/aromatic N) is 2. The fourth-order valence-electron chi connectivity index (χ4n) is 1.62. The quantitative estimate of drug-likeness (QED) is 0.384. The van der Waals surface area contributed by atoms with Crippen molar-refractivity contribution in [2.75, 3.05) is 5.73 Å². The van der Waals surface area contributed by atoms with Crippen LogP contribution in [0.3, 0.4) is 0 Å². The largest absolute Gasteiger partial charge is 0.508 e. The molecule has 0 fully saturated rings. The van der Waals surface area contributed by atoms with E-state index in [-0.39, 0.29) is 5.75 Å². The third kappa shape index (κ3) is 3.13. The summed E-state index contributed by atoms with van der Waals surface area (Å²) in [5, 5.41) is 10.4. The zero-order valence-electron chi connectivity index (χ0n) is 10.3. The van der Waals surface area contributed by atoms with E-state index in [1.54, 1.807) is 18.2 Å². The third-order valence-corrected chi connectivity index (χ3v) is 3.32. The Morgan fingerprint density at radius 2 is 1.83 bits per heavy atom. The number of rotatable bonds is 3. The van der Waals surface area contributed by atoms with E-state index in [0.717, 1.165) is 17.0 Å². The lowest BCUT2D eigenvalue weighted by Gasteiger charge is -2.06. The Bertz CT molecular complexity index is 552. The first kappa shape index (κ1) is 12.7. The number of hydrogen-bond donors (Lipinski definition) is 2. The maximum Gasteiger partial charge on any atom is 0.188 e. The van der Waals surface area contributed by atoms with Crippen molar-refractivity contribution in [3.63, 3.8) is 0 Å². The van der Waals surface area contributed by atoms with Crippen LogP contribution >= 0.6 is 11.8 Å². The number of hydrogen-bond acceptors (Lipinski definition) is 5. The molecule has 94 valence electrons. The maximum absolute atomic E-state index is 9.71. The number of phenols is 1. The smallest absolute Gasteiger partial charge is 0.188 e. The lowest BCUT2D eigenvalue weighted by atomic mass is 10.2. The van der Waals surface area contributed by atoms with Gasteiger partial charge in [-0.3, -0.25) is 0 Å². The summed E-state index contributed by atoms with van der Waals surface area (Å²) in [6, 6.07) is 6.98. The van der Waals surface area contributed by atoms with Crippen molar-refractivity contribution < 1.29 is 5.11 Å². The molecule has 2 rings (SSSR count). The first-order valence-corrected chi connectivity index (χ1v) is 6.55. The van der Waals surface area contributed by atoms with Crippen molar-refractivity contribution in [3.8, 4) is 5.75 Å². The van der Waals surface area contributed by atoms with Gasteiger partial charge in [-0.25, -0.2) is 9.97 Å². The molecule has 18 heavy (non-hydrogen) atoms. The van der Waals surface area contributed by atoms with Crippen molar-refractivity contribution in [1.29, 1.82) is 0 Å². The summed E-state index contributed by atoms with van der Waals surface area (Å²) in [4.78, 5) is 8.68. The number of phenolic OH excluding ortho intramolecular Hbond substituents is 1. The minimum Gasteiger partial charge on any atom is -0.508 e. The Kier molecular flexibility index (Phi) is 3.72. The zero-order valence-corrected chi connectivity index (χ0v) is 11.2.